The molecule has 0 radical (unpaired) electrons. The van der Waals surface area contributed by atoms with Crippen LogP contribution in [-0.4, -0.2) is 56.3 Å². The minimum Gasteiger partial charge on any atom is -0.478 e. The minimum absolute atomic E-state index is 0.127. The maximum atomic E-state index is 13.7. The Balaban J connectivity index is 1.01. The Morgan fingerprint density at radius 3 is 2.70 bits per heavy atom. The summed E-state index contributed by atoms with van der Waals surface area (Å²) < 4.78 is 32.7. The average molecular weight is 605 g/mol. The first-order chi connectivity index (χ1) is 20.9. The third kappa shape index (κ3) is 5.70. The summed E-state index contributed by atoms with van der Waals surface area (Å²) in [7, 11) is 0. The van der Waals surface area contributed by atoms with Crippen LogP contribution >= 0.6 is 11.6 Å². The lowest BCUT2D eigenvalue weighted by atomic mass is 9.93. The van der Waals surface area contributed by atoms with Gasteiger partial charge in [0.05, 0.1) is 40.8 Å². The molecule has 2 aromatic carbocycles. The molecule has 7 rings (SSSR count). The Morgan fingerprint density at radius 1 is 1.09 bits per heavy atom. The standard InChI is InChI=1S/C32H30ClFN4O5/c33-24-6-4-21(31-23(24)15-28(34)43-31)18-42-30-3-1-2-25(36-30)19-8-11-37(12-9-19)17-29-35-26-7-5-20(32(39)40)14-27(26)38(29)16-22-10-13-41-22/h1-7,14-15,19,22H,8-13,16-18H2,(H,39,40)/t22-/m0/s1. The largest absolute Gasteiger partial charge is 0.478 e. The van der Waals surface area contributed by atoms with Gasteiger partial charge < -0.3 is 23.6 Å². The second kappa shape index (κ2) is 11.6. The molecule has 2 aliphatic heterocycles. The number of furan rings is 1. The average Bonchev–Trinajstić information content (AvgIpc) is 3.55. The van der Waals surface area contributed by atoms with Crippen molar-refractivity contribution < 1.29 is 28.2 Å². The number of fused-ring (bicyclic) bond motifs is 2. The van der Waals surface area contributed by atoms with E-state index < -0.39 is 12.0 Å². The Hall–Kier alpha value is -3.99. The number of carboxylic acids is 1. The molecule has 1 N–H and O–H groups in total. The Labute approximate surface area is 251 Å². The van der Waals surface area contributed by atoms with Crippen molar-refractivity contribution in [3.8, 4) is 5.88 Å². The van der Waals surface area contributed by atoms with Crippen LogP contribution in [0.5, 0.6) is 5.88 Å². The number of pyridine rings is 1. The third-order valence-electron chi connectivity index (χ3n) is 8.43. The Morgan fingerprint density at radius 2 is 1.93 bits per heavy atom. The molecule has 2 saturated heterocycles. The minimum atomic E-state index is -0.948. The molecule has 0 aliphatic carbocycles. The first-order valence-corrected chi connectivity index (χ1v) is 14.8. The van der Waals surface area contributed by atoms with Crippen molar-refractivity contribution in [1.29, 1.82) is 0 Å². The predicted molar refractivity (Wildman–Crippen MR) is 158 cm³/mol. The molecule has 5 aromatic rings. The monoisotopic (exact) mass is 604 g/mol. The number of ether oxygens (including phenoxy) is 2. The van der Waals surface area contributed by atoms with Crippen LogP contribution in [0, 0.1) is 6.01 Å². The summed E-state index contributed by atoms with van der Waals surface area (Å²) in [4.78, 5) is 23.7. The van der Waals surface area contributed by atoms with E-state index in [4.69, 9.17) is 35.5 Å². The van der Waals surface area contributed by atoms with E-state index in [9.17, 15) is 14.3 Å². The number of imidazole rings is 1. The van der Waals surface area contributed by atoms with Crippen molar-refractivity contribution in [3.63, 3.8) is 0 Å². The van der Waals surface area contributed by atoms with E-state index in [1.165, 1.54) is 6.07 Å². The van der Waals surface area contributed by atoms with E-state index >= 15 is 0 Å². The first kappa shape index (κ1) is 27.8. The topological polar surface area (TPSA) is 103 Å². The van der Waals surface area contributed by atoms with Gasteiger partial charge in [-0.05, 0) is 62.7 Å². The fourth-order valence-corrected chi connectivity index (χ4v) is 6.17. The van der Waals surface area contributed by atoms with Crippen molar-refractivity contribution in [2.75, 3.05) is 19.7 Å². The van der Waals surface area contributed by atoms with Gasteiger partial charge in [0.25, 0.3) is 6.01 Å². The van der Waals surface area contributed by atoms with Crippen LogP contribution in [0.2, 0.25) is 5.02 Å². The highest BCUT2D eigenvalue weighted by molar-refractivity contribution is 6.35. The van der Waals surface area contributed by atoms with Gasteiger partial charge in [0.2, 0.25) is 5.88 Å². The molecule has 0 unspecified atom stereocenters. The second-order valence-electron chi connectivity index (χ2n) is 11.2. The molecule has 0 amide bonds. The summed E-state index contributed by atoms with van der Waals surface area (Å²) in [6, 6.07) is 15.0. The number of hydrogen-bond acceptors (Lipinski definition) is 7. The van der Waals surface area contributed by atoms with Crippen LogP contribution in [-0.2, 0) is 24.4 Å². The molecular formula is C32H30ClFN4O5. The summed E-state index contributed by atoms with van der Waals surface area (Å²) in [6.45, 7) is 4.04. The maximum Gasteiger partial charge on any atom is 0.335 e. The predicted octanol–water partition coefficient (Wildman–Crippen LogP) is 6.42. The molecule has 0 saturated carbocycles. The molecule has 43 heavy (non-hydrogen) atoms. The normalized spacial score (nSPS) is 17.9. The highest BCUT2D eigenvalue weighted by atomic mass is 35.5. The van der Waals surface area contributed by atoms with E-state index in [-0.39, 0.29) is 18.3 Å². The van der Waals surface area contributed by atoms with Crippen LogP contribution in [0.4, 0.5) is 4.39 Å². The summed E-state index contributed by atoms with van der Waals surface area (Å²) in [5.74, 6) is 0.772. The SMILES string of the molecule is O=C(O)c1ccc2nc(CN3CCC(c4cccc(OCc5ccc(Cl)c6cc(F)oc56)n4)CC3)n(C[C@@H]3CCO3)c2c1. The summed E-state index contributed by atoms with van der Waals surface area (Å²) >= 11 is 6.18. The zero-order valence-electron chi connectivity index (χ0n) is 23.3. The number of hydrogen-bond donors (Lipinski definition) is 1. The van der Waals surface area contributed by atoms with Gasteiger partial charge in [-0.3, -0.25) is 4.90 Å². The fraction of sp³-hybridized carbons (Fsp3) is 0.344. The number of halogens is 2. The van der Waals surface area contributed by atoms with Crippen LogP contribution in [0.25, 0.3) is 22.0 Å². The first-order valence-electron chi connectivity index (χ1n) is 14.4. The molecule has 222 valence electrons. The van der Waals surface area contributed by atoms with E-state index in [0.29, 0.717) is 46.4 Å². The number of carbonyl (C=O) groups is 1. The summed E-state index contributed by atoms with van der Waals surface area (Å²) in [5, 5.41) is 10.5. The van der Waals surface area contributed by atoms with E-state index in [2.05, 4.69) is 9.47 Å². The highest BCUT2D eigenvalue weighted by Gasteiger charge is 2.26. The van der Waals surface area contributed by atoms with Gasteiger partial charge in [0.1, 0.15) is 18.0 Å². The highest BCUT2D eigenvalue weighted by Crippen LogP contribution is 2.32. The summed E-state index contributed by atoms with van der Waals surface area (Å²) in [5.41, 5.74) is 3.94. The van der Waals surface area contributed by atoms with E-state index in [1.807, 2.05) is 18.2 Å². The lowest BCUT2D eigenvalue weighted by molar-refractivity contribution is -0.0592. The Kier molecular flexibility index (Phi) is 7.50. The molecule has 3 aromatic heterocycles. The lowest BCUT2D eigenvalue weighted by Crippen LogP contribution is -2.35. The van der Waals surface area contributed by atoms with Gasteiger partial charge in [-0.2, -0.15) is 4.39 Å². The van der Waals surface area contributed by atoms with Crippen molar-refractivity contribution in [2.45, 2.75) is 51.0 Å². The molecule has 1 atom stereocenters. The smallest absolute Gasteiger partial charge is 0.335 e. The summed E-state index contributed by atoms with van der Waals surface area (Å²) in [6.07, 6.45) is 3.00. The van der Waals surface area contributed by atoms with Crippen LogP contribution in [0.15, 0.2) is 59.0 Å². The molecule has 2 aliphatic rings. The number of likely N-dealkylation sites (tertiary alicyclic amines) is 1. The number of aromatic carboxylic acids is 1. The molecule has 2 fully saturated rings. The Bertz CT molecular complexity index is 1810. The van der Waals surface area contributed by atoms with Crippen LogP contribution in [0.1, 0.15) is 52.6 Å². The molecule has 5 heterocycles. The van der Waals surface area contributed by atoms with Crippen molar-refractivity contribution in [1.82, 2.24) is 19.4 Å². The van der Waals surface area contributed by atoms with Crippen molar-refractivity contribution in [2.24, 2.45) is 0 Å². The molecule has 0 spiro atoms. The number of nitrogens with zero attached hydrogens (tertiary/aromatic N) is 4. The molecule has 11 heteroatoms. The van der Waals surface area contributed by atoms with Gasteiger partial charge in [-0.1, -0.05) is 23.7 Å². The quantitative estimate of drug-likeness (QED) is 0.206. The second-order valence-corrected chi connectivity index (χ2v) is 11.6. The number of aromatic nitrogens is 3. The van der Waals surface area contributed by atoms with Crippen LogP contribution in [0.3, 0.4) is 0 Å². The number of carboxylic acid groups (broad SMARTS) is 1. The molecule has 9 nitrogen and oxygen atoms in total. The van der Waals surface area contributed by atoms with E-state index in [1.54, 1.807) is 30.3 Å². The molecular weight excluding hydrogens is 575 g/mol. The van der Waals surface area contributed by atoms with E-state index in [0.717, 1.165) is 61.5 Å². The van der Waals surface area contributed by atoms with Gasteiger partial charge in [-0.15, -0.1) is 0 Å². The third-order valence-corrected chi connectivity index (χ3v) is 8.76. The zero-order valence-corrected chi connectivity index (χ0v) is 24.1. The number of rotatable bonds is 9. The van der Waals surface area contributed by atoms with Gasteiger partial charge in [0, 0.05) is 41.3 Å². The maximum absolute atomic E-state index is 13.7. The lowest BCUT2D eigenvalue weighted by Gasteiger charge is -2.32. The number of benzene rings is 2. The van der Waals surface area contributed by atoms with Crippen LogP contribution < -0.4 is 4.74 Å². The fourth-order valence-electron chi connectivity index (χ4n) is 5.97. The van der Waals surface area contributed by atoms with Crippen molar-refractivity contribution >= 4 is 39.6 Å². The van der Waals surface area contributed by atoms with Gasteiger partial charge in [0.15, 0.2) is 0 Å². The van der Waals surface area contributed by atoms with Gasteiger partial charge >= 0.3 is 5.97 Å². The van der Waals surface area contributed by atoms with Gasteiger partial charge in [-0.25, -0.2) is 14.8 Å². The number of piperidine rings is 1. The zero-order chi connectivity index (χ0) is 29.5. The molecule has 0 bridgehead atoms. The van der Waals surface area contributed by atoms with Crippen molar-refractivity contribution in [3.05, 3.63) is 88.3 Å².